The molecule has 0 fully saturated rings. The highest BCUT2D eigenvalue weighted by molar-refractivity contribution is 6.39. The van der Waals surface area contributed by atoms with Gasteiger partial charge >= 0.3 is 11.8 Å². The number of carbonyl (C=O) groups excluding carboxylic acids is 2. The van der Waals surface area contributed by atoms with Crippen LogP contribution in [-0.4, -0.2) is 29.1 Å². The number of carbonyl (C=O) groups is 2. The fourth-order valence-electron chi connectivity index (χ4n) is 1.78. The molecule has 1 aromatic carbocycles. The second-order valence-electron chi connectivity index (χ2n) is 5.67. The van der Waals surface area contributed by atoms with Crippen molar-refractivity contribution < 1.29 is 14.7 Å². The van der Waals surface area contributed by atoms with Crippen molar-refractivity contribution in [2.45, 2.75) is 39.7 Å². The summed E-state index contributed by atoms with van der Waals surface area (Å²) in [5.41, 5.74) is 0.602. The second kappa shape index (κ2) is 7.22. The molecule has 0 aromatic heterocycles. The van der Waals surface area contributed by atoms with Gasteiger partial charge in [-0.1, -0.05) is 38.0 Å². The number of hydrogen-bond acceptors (Lipinski definition) is 3. The lowest BCUT2D eigenvalue weighted by molar-refractivity contribution is -0.137. The van der Waals surface area contributed by atoms with E-state index in [-0.39, 0.29) is 12.5 Å². The van der Waals surface area contributed by atoms with Crippen LogP contribution in [0, 0.1) is 12.8 Å². The zero-order chi connectivity index (χ0) is 16.0. The highest BCUT2D eigenvalue weighted by Gasteiger charge is 2.28. The van der Waals surface area contributed by atoms with E-state index in [4.69, 9.17) is 0 Å². The van der Waals surface area contributed by atoms with Crippen LogP contribution in [0.15, 0.2) is 24.3 Å². The van der Waals surface area contributed by atoms with Crippen molar-refractivity contribution in [1.82, 2.24) is 5.32 Å². The Kier molecular flexibility index (Phi) is 5.90. The quantitative estimate of drug-likeness (QED) is 0.725. The largest absolute Gasteiger partial charge is 0.388 e. The van der Waals surface area contributed by atoms with Gasteiger partial charge in [0.25, 0.3) is 0 Å². The van der Waals surface area contributed by atoms with Crippen LogP contribution >= 0.6 is 0 Å². The Hall–Kier alpha value is -1.88. The summed E-state index contributed by atoms with van der Waals surface area (Å²) >= 11 is 0. The molecule has 0 radical (unpaired) electrons. The lowest BCUT2D eigenvalue weighted by Crippen LogP contribution is -2.47. The molecule has 5 nitrogen and oxygen atoms in total. The highest BCUT2D eigenvalue weighted by Crippen LogP contribution is 2.18. The molecule has 3 N–H and O–H groups in total. The second-order valence-corrected chi connectivity index (χ2v) is 5.67. The predicted octanol–water partition coefficient (Wildman–Crippen LogP) is 1.85. The first kappa shape index (κ1) is 17.2. The van der Waals surface area contributed by atoms with Gasteiger partial charge in [-0.3, -0.25) is 9.59 Å². The Balaban J connectivity index is 2.52. The third-order valence-corrected chi connectivity index (χ3v) is 3.80. The van der Waals surface area contributed by atoms with E-state index in [2.05, 4.69) is 10.6 Å². The van der Waals surface area contributed by atoms with Crippen LogP contribution in [0.5, 0.6) is 0 Å². The maximum absolute atomic E-state index is 11.7. The molecule has 0 aliphatic heterocycles. The minimum absolute atomic E-state index is 0.0259. The van der Waals surface area contributed by atoms with Crippen molar-refractivity contribution in [2.24, 2.45) is 5.92 Å². The van der Waals surface area contributed by atoms with Crippen LogP contribution in [0.2, 0.25) is 0 Å². The Morgan fingerprint density at radius 3 is 2.33 bits per heavy atom. The van der Waals surface area contributed by atoms with Gasteiger partial charge in [0, 0.05) is 12.2 Å². The van der Waals surface area contributed by atoms with E-state index in [0.717, 1.165) is 12.0 Å². The standard InChI is InChI=1S/C16H24N2O3/c1-5-12(3)16(4,21)10-17-14(19)15(20)18-13-8-6-11(2)7-9-13/h6-9,12,21H,5,10H2,1-4H3,(H,17,19)(H,18,20). The number of aliphatic hydroxyl groups is 1. The molecule has 21 heavy (non-hydrogen) atoms. The number of benzene rings is 1. The Morgan fingerprint density at radius 2 is 1.81 bits per heavy atom. The molecule has 0 spiro atoms. The van der Waals surface area contributed by atoms with E-state index in [9.17, 15) is 14.7 Å². The Morgan fingerprint density at radius 1 is 1.24 bits per heavy atom. The summed E-state index contributed by atoms with van der Waals surface area (Å²) in [5.74, 6) is -1.46. The zero-order valence-corrected chi connectivity index (χ0v) is 13.1. The van der Waals surface area contributed by atoms with E-state index in [1.165, 1.54) is 0 Å². The van der Waals surface area contributed by atoms with E-state index in [0.29, 0.717) is 5.69 Å². The van der Waals surface area contributed by atoms with Crippen molar-refractivity contribution in [1.29, 1.82) is 0 Å². The van der Waals surface area contributed by atoms with Gasteiger partial charge in [-0.2, -0.15) is 0 Å². The van der Waals surface area contributed by atoms with Gasteiger partial charge in [0.15, 0.2) is 0 Å². The first-order valence-electron chi connectivity index (χ1n) is 7.14. The van der Waals surface area contributed by atoms with Gasteiger partial charge in [-0.25, -0.2) is 0 Å². The summed E-state index contributed by atoms with van der Waals surface area (Å²) in [4.78, 5) is 23.5. The SMILES string of the molecule is CCC(C)C(C)(O)CNC(=O)C(=O)Nc1ccc(C)cc1. The summed E-state index contributed by atoms with van der Waals surface area (Å²) in [7, 11) is 0. The van der Waals surface area contributed by atoms with E-state index < -0.39 is 17.4 Å². The van der Waals surface area contributed by atoms with Crippen LogP contribution in [0.25, 0.3) is 0 Å². The van der Waals surface area contributed by atoms with E-state index >= 15 is 0 Å². The number of hydrogen-bond donors (Lipinski definition) is 3. The van der Waals surface area contributed by atoms with Gasteiger partial charge in [0.1, 0.15) is 0 Å². The van der Waals surface area contributed by atoms with Crippen molar-refractivity contribution in [3.63, 3.8) is 0 Å². The average Bonchev–Trinajstić information content (AvgIpc) is 2.46. The molecule has 2 amide bonds. The molecule has 1 rings (SSSR count). The number of anilines is 1. The first-order chi connectivity index (χ1) is 9.76. The third kappa shape index (κ3) is 5.19. The molecule has 2 unspecified atom stereocenters. The maximum Gasteiger partial charge on any atom is 0.313 e. The van der Waals surface area contributed by atoms with Gasteiger partial charge in [-0.05, 0) is 31.9 Å². The molecular weight excluding hydrogens is 268 g/mol. The minimum atomic E-state index is -1.03. The van der Waals surface area contributed by atoms with Gasteiger partial charge in [0.2, 0.25) is 0 Å². The highest BCUT2D eigenvalue weighted by atomic mass is 16.3. The molecule has 0 bridgehead atoms. The Bertz CT molecular complexity index is 495. The third-order valence-electron chi connectivity index (χ3n) is 3.80. The normalized spacial score (nSPS) is 14.9. The summed E-state index contributed by atoms with van der Waals surface area (Å²) in [5, 5.41) is 15.2. The lowest BCUT2D eigenvalue weighted by Gasteiger charge is -2.29. The van der Waals surface area contributed by atoms with E-state index in [1.807, 2.05) is 32.9 Å². The minimum Gasteiger partial charge on any atom is -0.388 e. The lowest BCUT2D eigenvalue weighted by atomic mass is 9.89. The smallest absolute Gasteiger partial charge is 0.313 e. The maximum atomic E-state index is 11.7. The topological polar surface area (TPSA) is 78.4 Å². The summed E-state index contributed by atoms with van der Waals surface area (Å²) < 4.78 is 0. The molecule has 0 aliphatic rings. The van der Waals surface area contributed by atoms with Crippen LogP contribution in [0.1, 0.15) is 32.8 Å². The molecule has 0 saturated heterocycles. The first-order valence-corrected chi connectivity index (χ1v) is 7.14. The molecule has 0 heterocycles. The summed E-state index contributed by atoms with van der Waals surface area (Å²) in [6.45, 7) is 7.50. The van der Waals surface area contributed by atoms with Crippen LogP contribution in [0.4, 0.5) is 5.69 Å². The van der Waals surface area contributed by atoms with Crippen molar-refractivity contribution in [2.75, 3.05) is 11.9 Å². The zero-order valence-electron chi connectivity index (χ0n) is 13.1. The number of amides is 2. The number of aryl methyl sites for hydroxylation is 1. The van der Waals surface area contributed by atoms with E-state index in [1.54, 1.807) is 19.1 Å². The fourth-order valence-corrected chi connectivity index (χ4v) is 1.78. The van der Waals surface area contributed by atoms with Crippen molar-refractivity contribution in [3.8, 4) is 0 Å². The average molecular weight is 292 g/mol. The molecule has 5 heteroatoms. The molecule has 2 atom stereocenters. The van der Waals surface area contributed by atoms with Gasteiger partial charge in [-0.15, -0.1) is 0 Å². The van der Waals surface area contributed by atoms with Gasteiger partial charge < -0.3 is 15.7 Å². The summed E-state index contributed by atoms with van der Waals surface area (Å²) in [6, 6.07) is 7.16. The van der Waals surface area contributed by atoms with Crippen LogP contribution < -0.4 is 10.6 Å². The molecular formula is C16H24N2O3. The molecule has 0 aliphatic carbocycles. The predicted molar refractivity (Wildman–Crippen MR) is 82.9 cm³/mol. The molecule has 0 saturated carbocycles. The Labute approximate surface area is 125 Å². The monoisotopic (exact) mass is 292 g/mol. The van der Waals surface area contributed by atoms with Crippen molar-refractivity contribution in [3.05, 3.63) is 29.8 Å². The van der Waals surface area contributed by atoms with Crippen LogP contribution in [0.3, 0.4) is 0 Å². The molecule has 1 aromatic rings. The number of rotatable bonds is 5. The van der Waals surface area contributed by atoms with Crippen LogP contribution in [-0.2, 0) is 9.59 Å². The fraction of sp³-hybridized carbons (Fsp3) is 0.500. The summed E-state index contributed by atoms with van der Waals surface area (Å²) in [6.07, 6.45) is 0.790. The molecule has 116 valence electrons. The van der Waals surface area contributed by atoms with Gasteiger partial charge in [0.05, 0.1) is 5.60 Å². The van der Waals surface area contributed by atoms with Crippen molar-refractivity contribution >= 4 is 17.5 Å². The number of nitrogens with one attached hydrogen (secondary N) is 2.